The van der Waals surface area contributed by atoms with Crippen molar-refractivity contribution in [2.45, 2.75) is 6.92 Å². The third-order valence-corrected chi connectivity index (χ3v) is 4.08. The molecule has 7 nitrogen and oxygen atoms in total. The zero-order chi connectivity index (χ0) is 19.8. The SMILES string of the molecule is CCOc1ccc(NC(=O)C(=O)NCC(=O)Nc2cccc(Cl)c2Cl)cc1. The molecule has 0 aromatic heterocycles. The predicted octanol–water partition coefficient (Wildman–Crippen LogP) is 3.09. The molecule has 3 N–H and O–H groups in total. The van der Waals surface area contributed by atoms with E-state index in [0.717, 1.165) is 0 Å². The van der Waals surface area contributed by atoms with Gasteiger partial charge in [-0.25, -0.2) is 0 Å². The lowest BCUT2D eigenvalue weighted by molar-refractivity contribution is -0.136. The minimum Gasteiger partial charge on any atom is -0.494 e. The summed E-state index contributed by atoms with van der Waals surface area (Å²) in [5.41, 5.74) is 0.732. The van der Waals surface area contributed by atoms with E-state index in [4.69, 9.17) is 27.9 Å². The Hall–Kier alpha value is -2.77. The number of hydrogen-bond acceptors (Lipinski definition) is 4. The highest BCUT2D eigenvalue weighted by atomic mass is 35.5. The van der Waals surface area contributed by atoms with Gasteiger partial charge in [0.25, 0.3) is 0 Å². The smallest absolute Gasteiger partial charge is 0.313 e. The second-order valence-electron chi connectivity index (χ2n) is 5.24. The fourth-order valence-corrected chi connectivity index (χ4v) is 2.37. The van der Waals surface area contributed by atoms with E-state index in [1.807, 2.05) is 6.92 Å². The topological polar surface area (TPSA) is 96.5 Å². The molecule has 3 amide bonds. The number of carbonyl (C=O) groups is 3. The van der Waals surface area contributed by atoms with Gasteiger partial charge in [-0.05, 0) is 43.3 Å². The highest BCUT2D eigenvalue weighted by molar-refractivity contribution is 6.44. The molecule has 0 unspecified atom stereocenters. The Morgan fingerprint density at radius 3 is 2.33 bits per heavy atom. The number of amides is 3. The molecule has 0 aliphatic heterocycles. The van der Waals surface area contributed by atoms with E-state index in [-0.39, 0.29) is 10.0 Å². The Morgan fingerprint density at radius 1 is 0.963 bits per heavy atom. The van der Waals surface area contributed by atoms with Crippen molar-refractivity contribution in [3.63, 3.8) is 0 Å². The summed E-state index contributed by atoms with van der Waals surface area (Å²) in [6.07, 6.45) is 0. The summed E-state index contributed by atoms with van der Waals surface area (Å²) in [5.74, 6) is -1.75. The van der Waals surface area contributed by atoms with Gasteiger partial charge in [-0.1, -0.05) is 29.3 Å². The highest BCUT2D eigenvalue weighted by Gasteiger charge is 2.15. The lowest BCUT2D eigenvalue weighted by Crippen LogP contribution is -2.39. The van der Waals surface area contributed by atoms with Gasteiger partial charge in [0.1, 0.15) is 5.75 Å². The van der Waals surface area contributed by atoms with Gasteiger partial charge in [-0.15, -0.1) is 0 Å². The highest BCUT2D eigenvalue weighted by Crippen LogP contribution is 2.29. The Kier molecular flexibility index (Phi) is 7.45. The van der Waals surface area contributed by atoms with E-state index in [0.29, 0.717) is 23.7 Å². The maximum atomic E-state index is 11.9. The molecule has 2 aromatic carbocycles. The van der Waals surface area contributed by atoms with Crippen molar-refractivity contribution in [3.05, 3.63) is 52.5 Å². The van der Waals surface area contributed by atoms with Crippen LogP contribution in [0.3, 0.4) is 0 Å². The quantitative estimate of drug-likeness (QED) is 0.638. The minimum absolute atomic E-state index is 0.187. The van der Waals surface area contributed by atoms with Crippen molar-refractivity contribution >= 4 is 52.3 Å². The van der Waals surface area contributed by atoms with Crippen LogP contribution in [0, 0.1) is 0 Å². The molecular weight excluding hydrogens is 393 g/mol. The molecule has 142 valence electrons. The number of halogens is 2. The third kappa shape index (κ3) is 6.16. The van der Waals surface area contributed by atoms with Gasteiger partial charge in [-0.3, -0.25) is 14.4 Å². The van der Waals surface area contributed by atoms with Crippen LogP contribution in [0.2, 0.25) is 10.0 Å². The molecule has 0 radical (unpaired) electrons. The van der Waals surface area contributed by atoms with Gasteiger partial charge in [0.2, 0.25) is 5.91 Å². The number of benzene rings is 2. The van der Waals surface area contributed by atoms with Crippen molar-refractivity contribution < 1.29 is 19.1 Å². The number of anilines is 2. The van der Waals surface area contributed by atoms with Gasteiger partial charge in [-0.2, -0.15) is 0 Å². The van der Waals surface area contributed by atoms with Crippen LogP contribution in [-0.2, 0) is 14.4 Å². The normalized spacial score (nSPS) is 10.0. The molecule has 9 heteroatoms. The second-order valence-corrected chi connectivity index (χ2v) is 6.03. The van der Waals surface area contributed by atoms with Crippen molar-refractivity contribution in [2.75, 3.05) is 23.8 Å². The van der Waals surface area contributed by atoms with Crippen molar-refractivity contribution in [1.29, 1.82) is 0 Å². The molecule has 0 aliphatic rings. The van der Waals surface area contributed by atoms with Crippen molar-refractivity contribution in [1.82, 2.24) is 5.32 Å². The molecule has 0 aliphatic carbocycles. The monoisotopic (exact) mass is 409 g/mol. The van der Waals surface area contributed by atoms with Gasteiger partial charge in [0.05, 0.1) is 28.9 Å². The molecule has 0 spiro atoms. The number of ether oxygens (including phenoxy) is 1. The molecule has 0 saturated carbocycles. The molecule has 0 saturated heterocycles. The van der Waals surface area contributed by atoms with Gasteiger partial charge < -0.3 is 20.7 Å². The first-order chi connectivity index (χ1) is 12.9. The van der Waals surface area contributed by atoms with Crippen LogP contribution in [0.5, 0.6) is 5.75 Å². The van der Waals surface area contributed by atoms with Gasteiger partial charge in [0.15, 0.2) is 0 Å². The molecular formula is C18H17Cl2N3O4. The third-order valence-electron chi connectivity index (χ3n) is 3.26. The number of nitrogens with one attached hydrogen (secondary N) is 3. The summed E-state index contributed by atoms with van der Waals surface area (Å²) in [5, 5.41) is 7.62. The molecule has 0 heterocycles. The van der Waals surface area contributed by atoms with Crippen molar-refractivity contribution in [2.24, 2.45) is 0 Å². The Bertz CT molecular complexity index is 841. The zero-order valence-corrected chi connectivity index (χ0v) is 15.9. The van der Waals surface area contributed by atoms with E-state index < -0.39 is 24.3 Å². The largest absolute Gasteiger partial charge is 0.494 e. The molecule has 0 atom stereocenters. The van der Waals surface area contributed by atoms with Crippen molar-refractivity contribution in [3.8, 4) is 5.75 Å². The lowest BCUT2D eigenvalue weighted by Gasteiger charge is -2.09. The van der Waals surface area contributed by atoms with Crippen LogP contribution in [0.15, 0.2) is 42.5 Å². The summed E-state index contributed by atoms with van der Waals surface area (Å²) in [6.45, 7) is 1.98. The van der Waals surface area contributed by atoms with Gasteiger partial charge in [0, 0.05) is 5.69 Å². The summed E-state index contributed by atoms with van der Waals surface area (Å²) in [7, 11) is 0. The van der Waals surface area contributed by atoms with E-state index in [1.165, 1.54) is 0 Å². The average Bonchev–Trinajstić information content (AvgIpc) is 2.65. The second kappa shape index (κ2) is 9.80. The fourth-order valence-electron chi connectivity index (χ4n) is 2.02. The van der Waals surface area contributed by atoms with E-state index >= 15 is 0 Å². The van der Waals surface area contributed by atoms with Crippen LogP contribution in [0.4, 0.5) is 11.4 Å². The number of rotatable bonds is 6. The van der Waals surface area contributed by atoms with E-state index in [1.54, 1.807) is 42.5 Å². The number of hydrogen-bond donors (Lipinski definition) is 3. The maximum Gasteiger partial charge on any atom is 0.313 e. The fraction of sp³-hybridized carbons (Fsp3) is 0.167. The zero-order valence-electron chi connectivity index (χ0n) is 14.3. The summed E-state index contributed by atoms with van der Waals surface area (Å²) >= 11 is 11.8. The summed E-state index contributed by atoms with van der Waals surface area (Å²) in [4.78, 5) is 35.6. The van der Waals surface area contributed by atoms with Crippen LogP contribution >= 0.6 is 23.2 Å². The number of carbonyl (C=O) groups excluding carboxylic acids is 3. The predicted molar refractivity (Wildman–Crippen MR) is 104 cm³/mol. The van der Waals surface area contributed by atoms with Gasteiger partial charge >= 0.3 is 11.8 Å². The van der Waals surface area contributed by atoms with Crippen LogP contribution in [0.25, 0.3) is 0 Å². The first-order valence-corrected chi connectivity index (χ1v) is 8.72. The summed E-state index contributed by atoms with van der Waals surface area (Å²) in [6, 6.07) is 11.3. The standard InChI is InChI=1S/C18H17Cl2N3O4/c1-2-27-12-8-6-11(7-9-12)22-18(26)17(25)21-10-15(24)23-14-5-3-4-13(19)16(14)20/h3-9H,2,10H2,1H3,(H,21,25)(H,22,26)(H,23,24). The minimum atomic E-state index is -0.948. The van der Waals surface area contributed by atoms with E-state index in [2.05, 4.69) is 16.0 Å². The van der Waals surface area contributed by atoms with Crippen LogP contribution in [-0.4, -0.2) is 30.9 Å². The van der Waals surface area contributed by atoms with Crippen LogP contribution < -0.4 is 20.7 Å². The first kappa shape index (κ1) is 20.5. The Labute approximate surface area is 166 Å². The Balaban J connectivity index is 1.82. The molecule has 0 fully saturated rings. The molecule has 27 heavy (non-hydrogen) atoms. The van der Waals surface area contributed by atoms with E-state index in [9.17, 15) is 14.4 Å². The van der Waals surface area contributed by atoms with Crippen LogP contribution in [0.1, 0.15) is 6.92 Å². The summed E-state index contributed by atoms with van der Waals surface area (Å²) < 4.78 is 5.29. The molecule has 0 bridgehead atoms. The molecule has 2 aromatic rings. The molecule has 2 rings (SSSR count). The lowest BCUT2D eigenvalue weighted by atomic mass is 10.3. The maximum absolute atomic E-state index is 11.9. The Morgan fingerprint density at radius 2 is 1.67 bits per heavy atom. The average molecular weight is 410 g/mol. The first-order valence-electron chi connectivity index (χ1n) is 7.96.